The number of hydrogen-bond acceptors (Lipinski definition) is 5. The molecule has 1 aromatic rings. The van der Waals surface area contributed by atoms with E-state index in [1.807, 2.05) is 72.7 Å². The van der Waals surface area contributed by atoms with E-state index >= 15 is 0 Å². The van der Waals surface area contributed by atoms with Crippen LogP contribution in [-0.2, 0) is 20.6 Å². The van der Waals surface area contributed by atoms with Gasteiger partial charge in [0, 0.05) is 18.7 Å². The molecule has 0 atom stereocenters. The summed E-state index contributed by atoms with van der Waals surface area (Å²) in [6.07, 6.45) is 1.42. The van der Waals surface area contributed by atoms with Gasteiger partial charge >= 0.3 is 13.2 Å². The number of fused-ring (bicyclic) bond motifs is 1. The van der Waals surface area contributed by atoms with E-state index in [2.05, 4.69) is 10.6 Å². The first-order valence-electron chi connectivity index (χ1n) is 10.2. The Morgan fingerprint density at radius 3 is 2.47 bits per heavy atom. The molecule has 2 N–H and O–H groups in total. The van der Waals surface area contributed by atoms with Crippen molar-refractivity contribution in [2.75, 3.05) is 6.54 Å². The third-order valence-corrected chi connectivity index (χ3v) is 5.62. The van der Waals surface area contributed by atoms with Crippen LogP contribution < -0.4 is 10.6 Å². The molecule has 1 fully saturated rings. The van der Waals surface area contributed by atoms with Gasteiger partial charge in [0.05, 0.1) is 11.2 Å². The van der Waals surface area contributed by atoms with E-state index in [0.717, 1.165) is 16.6 Å². The van der Waals surface area contributed by atoms with E-state index in [0.29, 0.717) is 12.1 Å². The molecule has 3 rings (SSSR count). The van der Waals surface area contributed by atoms with Crippen LogP contribution in [0.5, 0.6) is 0 Å². The highest BCUT2D eigenvalue weighted by atomic mass is 16.7. The van der Waals surface area contributed by atoms with Gasteiger partial charge in [0.2, 0.25) is 0 Å². The lowest BCUT2D eigenvalue weighted by atomic mass is 9.76. The van der Waals surface area contributed by atoms with Crippen molar-refractivity contribution in [2.45, 2.75) is 71.8 Å². The maximum atomic E-state index is 12.2. The normalized spacial score (nSPS) is 20.0. The van der Waals surface area contributed by atoms with Crippen LogP contribution in [0.2, 0.25) is 0 Å². The van der Waals surface area contributed by atoms with Gasteiger partial charge in [0.25, 0.3) is 5.91 Å². The summed E-state index contributed by atoms with van der Waals surface area (Å²) in [4.78, 5) is 24.2. The SMILES string of the molecule is CC(C)(C)OC(=O)NCC(=Cc1cccc2c1CNC2=O)B1OC(C)(C)C(C)(C)O1. The molecule has 0 radical (unpaired) electrons. The topological polar surface area (TPSA) is 85.9 Å². The Kier molecular flexibility index (Phi) is 5.77. The fraction of sp³-hybridized carbons (Fsp3) is 0.545. The van der Waals surface area contributed by atoms with Crippen LogP contribution >= 0.6 is 0 Å². The molecule has 2 aliphatic rings. The highest BCUT2D eigenvalue weighted by molar-refractivity contribution is 6.56. The Morgan fingerprint density at radius 2 is 1.87 bits per heavy atom. The molecule has 7 nitrogen and oxygen atoms in total. The van der Waals surface area contributed by atoms with Crippen LogP contribution in [0.1, 0.15) is 70.0 Å². The molecular formula is C22H31BN2O5. The van der Waals surface area contributed by atoms with Crippen molar-refractivity contribution in [3.63, 3.8) is 0 Å². The summed E-state index contributed by atoms with van der Waals surface area (Å²) in [6.45, 7) is 14.0. The van der Waals surface area contributed by atoms with Crippen molar-refractivity contribution in [2.24, 2.45) is 0 Å². The molecule has 2 aliphatic heterocycles. The van der Waals surface area contributed by atoms with E-state index in [4.69, 9.17) is 14.0 Å². The minimum absolute atomic E-state index is 0.0793. The minimum atomic E-state index is -0.633. The van der Waals surface area contributed by atoms with E-state index in [1.165, 1.54) is 0 Å². The van der Waals surface area contributed by atoms with Crippen molar-refractivity contribution in [3.8, 4) is 0 Å². The number of benzene rings is 1. The summed E-state index contributed by atoms with van der Waals surface area (Å²) in [7, 11) is -0.633. The monoisotopic (exact) mass is 414 g/mol. The first-order chi connectivity index (χ1) is 13.8. The maximum Gasteiger partial charge on any atom is 0.492 e. The fourth-order valence-corrected chi connectivity index (χ4v) is 3.30. The number of hydrogen-bond donors (Lipinski definition) is 2. The molecule has 8 heteroatoms. The van der Waals surface area contributed by atoms with E-state index in [9.17, 15) is 9.59 Å². The molecule has 162 valence electrons. The molecule has 0 spiro atoms. The molecule has 0 unspecified atom stereocenters. The van der Waals surface area contributed by atoms with Crippen LogP contribution in [0.25, 0.3) is 6.08 Å². The molecule has 1 aromatic carbocycles. The molecule has 0 saturated carbocycles. The van der Waals surface area contributed by atoms with Gasteiger partial charge in [-0.05, 0) is 71.1 Å². The van der Waals surface area contributed by atoms with E-state index in [-0.39, 0.29) is 12.5 Å². The third-order valence-electron chi connectivity index (χ3n) is 5.62. The summed E-state index contributed by atoms with van der Waals surface area (Å²) in [5.41, 5.74) is 1.60. The lowest BCUT2D eigenvalue weighted by Gasteiger charge is -2.32. The van der Waals surface area contributed by atoms with Gasteiger partial charge in [0.15, 0.2) is 0 Å². The van der Waals surface area contributed by atoms with Gasteiger partial charge in [0.1, 0.15) is 5.60 Å². The summed E-state index contributed by atoms with van der Waals surface area (Å²) >= 11 is 0. The van der Waals surface area contributed by atoms with Crippen molar-refractivity contribution in [1.82, 2.24) is 10.6 Å². The molecule has 0 aromatic heterocycles. The van der Waals surface area contributed by atoms with Gasteiger partial charge in [-0.25, -0.2) is 4.79 Å². The summed E-state index contributed by atoms with van der Waals surface area (Å²) < 4.78 is 17.8. The van der Waals surface area contributed by atoms with E-state index in [1.54, 1.807) is 0 Å². The summed E-state index contributed by atoms with van der Waals surface area (Å²) in [5, 5.41) is 5.65. The Hall–Kier alpha value is -2.32. The molecule has 0 aliphatic carbocycles. The van der Waals surface area contributed by atoms with Crippen molar-refractivity contribution < 1.29 is 23.6 Å². The van der Waals surface area contributed by atoms with Crippen LogP contribution in [0, 0.1) is 0 Å². The van der Waals surface area contributed by atoms with Crippen molar-refractivity contribution >= 4 is 25.2 Å². The fourth-order valence-electron chi connectivity index (χ4n) is 3.30. The third kappa shape index (κ3) is 4.70. The predicted molar refractivity (Wildman–Crippen MR) is 116 cm³/mol. The minimum Gasteiger partial charge on any atom is -0.444 e. The average Bonchev–Trinajstić information content (AvgIpc) is 3.07. The standard InChI is InChI=1S/C22H31BN2O5/c1-20(2,3)28-19(27)25-12-15(23-29-21(4,5)22(6,7)30-23)11-14-9-8-10-16-17(14)13-24-18(16)26/h8-11H,12-13H2,1-7H3,(H,24,26)(H,25,27). The number of nitrogens with one attached hydrogen (secondary N) is 2. The van der Waals surface area contributed by atoms with Crippen molar-refractivity contribution in [1.29, 1.82) is 0 Å². The predicted octanol–water partition coefficient (Wildman–Crippen LogP) is 3.47. The quantitative estimate of drug-likeness (QED) is 0.737. The van der Waals surface area contributed by atoms with Crippen LogP contribution in [-0.4, -0.2) is 42.5 Å². The first-order valence-corrected chi connectivity index (χ1v) is 10.2. The van der Waals surface area contributed by atoms with Crippen molar-refractivity contribution in [3.05, 3.63) is 40.4 Å². The Morgan fingerprint density at radius 1 is 1.23 bits per heavy atom. The second-order valence-corrected chi connectivity index (χ2v) is 9.72. The highest BCUT2D eigenvalue weighted by Crippen LogP contribution is 2.39. The Labute approximate surface area is 178 Å². The smallest absolute Gasteiger partial charge is 0.444 e. The lowest BCUT2D eigenvalue weighted by molar-refractivity contribution is 0.00578. The number of alkyl carbamates (subject to hydrolysis) is 1. The van der Waals surface area contributed by atoms with Gasteiger partial charge < -0.3 is 24.7 Å². The largest absolute Gasteiger partial charge is 0.492 e. The zero-order valence-corrected chi connectivity index (χ0v) is 18.8. The molecular weight excluding hydrogens is 383 g/mol. The van der Waals surface area contributed by atoms with Gasteiger partial charge in [-0.3, -0.25) is 4.79 Å². The number of carbonyl (C=O) groups is 2. The van der Waals surface area contributed by atoms with E-state index < -0.39 is 30.0 Å². The zero-order valence-electron chi connectivity index (χ0n) is 18.8. The first kappa shape index (κ1) is 22.4. The lowest BCUT2D eigenvalue weighted by Crippen LogP contribution is -2.41. The Bertz CT molecular complexity index is 870. The van der Waals surface area contributed by atoms with Gasteiger partial charge in [-0.15, -0.1) is 0 Å². The van der Waals surface area contributed by atoms with Gasteiger partial charge in [-0.2, -0.15) is 0 Å². The summed E-state index contributed by atoms with van der Waals surface area (Å²) in [6, 6.07) is 5.60. The number of carbonyl (C=O) groups excluding carboxylic acids is 2. The van der Waals surface area contributed by atoms with Gasteiger partial charge in [-0.1, -0.05) is 18.2 Å². The average molecular weight is 414 g/mol. The maximum absolute atomic E-state index is 12.2. The molecule has 0 bridgehead atoms. The second-order valence-electron chi connectivity index (χ2n) is 9.72. The molecule has 30 heavy (non-hydrogen) atoms. The highest BCUT2D eigenvalue weighted by Gasteiger charge is 2.52. The zero-order chi connectivity index (χ0) is 22.3. The number of ether oxygens (including phenoxy) is 1. The van der Waals surface area contributed by atoms with Crippen LogP contribution in [0.4, 0.5) is 4.79 Å². The Balaban J connectivity index is 1.90. The second kappa shape index (κ2) is 7.74. The molecule has 1 saturated heterocycles. The molecule has 2 heterocycles. The number of amides is 2. The molecule has 2 amide bonds. The van der Waals surface area contributed by atoms with Crippen LogP contribution in [0.3, 0.4) is 0 Å². The summed E-state index contributed by atoms with van der Waals surface area (Å²) in [5.74, 6) is -0.0793. The van der Waals surface area contributed by atoms with Crippen LogP contribution in [0.15, 0.2) is 23.7 Å². The number of rotatable bonds is 4.